The highest BCUT2D eigenvalue weighted by Gasteiger charge is 2.56. The molecule has 2 aromatic heterocycles. The predicted molar refractivity (Wildman–Crippen MR) is 147 cm³/mol. The molecule has 184 valence electrons. The third-order valence-electron chi connectivity index (χ3n) is 7.11. The smallest absolute Gasteiger partial charge is 0.268 e. The van der Waals surface area contributed by atoms with Gasteiger partial charge in [0, 0.05) is 48.9 Å². The molecule has 1 saturated heterocycles. The van der Waals surface area contributed by atoms with E-state index in [0.717, 1.165) is 21.9 Å². The average Bonchev–Trinajstić information content (AvgIpc) is 3.20. The molecule has 3 aromatic carbocycles. The lowest BCUT2D eigenvalue weighted by Crippen LogP contribution is -2.45. The van der Waals surface area contributed by atoms with E-state index >= 15 is 0 Å². The summed E-state index contributed by atoms with van der Waals surface area (Å²) < 4.78 is 0. The van der Waals surface area contributed by atoms with E-state index in [-0.39, 0.29) is 11.7 Å². The van der Waals surface area contributed by atoms with Gasteiger partial charge in [-0.3, -0.25) is 24.5 Å². The Morgan fingerprint density at radius 1 is 0.737 bits per heavy atom. The van der Waals surface area contributed by atoms with Crippen LogP contribution >= 0.6 is 0 Å². The van der Waals surface area contributed by atoms with Crippen molar-refractivity contribution < 1.29 is 9.59 Å². The summed E-state index contributed by atoms with van der Waals surface area (Å²) in [6.45, 7) is 0. The van der Waals surface area contributed by atoms with Gasteiger partial charge in [0.1, 0.15) is 5.82 Å². The number of aromatic nitrogens is 2. The fourth-order valence-electron chi connectivity index (χ4n) is 5.32. The fraction of sp³-hybridized carbons (Fsp3) is 0.0625. The van der Waals surface area contributed by atoms with E-state index < -0.39 is 5.54 Å². The number of likely N-dealkylation sites (N-methyl/N-ethyl adjacent to an activating group) is 1. The molecule has 0 bridgehead atoms. The van der Waals surface area contributed by atoms with Gasteiger partial charge in [0.2, 0.25) is 0 Å². The molecule has 1 aliphatic rings. The molecule has 1 fully saturated rings. The van der Waals surface area contributed by atoms with Crippen LogP contribution in [0.5, 0.6) is 0 Å². The number of hydrogen-bond acceptors (Lipinski definition) is 5. The lowest BCUT2D eigenvalue weighted by atomic mass is 9.82. The number of anilines is 1. The summed E-state index contributed by atoms with van der Waals surface area (Å²) in [7, 11) is 1.86. The first-order valence-electron chi connectivity index (χ1n) is 12.3. The number of pyridine rings is 2. The first-order chi connectivity index (χ1) is 18.6. The van der Waals surface area contributed by atoms with Crippen molar-refractivity contribution in [1.82, 2.24) is 14.9 Å². The minimum Gasteiger partial charge on any atom is -0.339 e. The zero-order valence-electron chi connectivity index (χ0n) is 20.7. The second kappa shape index (κ2) is 9.41. The molecule has 0 unspecified atom stereocenters. The minimum atomic E-state index is -1.24. The van der Waals surface area contributed by atoms with Crippen molar-refractivity contribution in [1.29, 1.82) is 0 Å². The number of fused-ring (bicyclic) bond motifs is 1. The Balaban J connectivity index is 1.65. The molecule has 6 heteroatoms. The van der Waals surface area contributed by atoms with Gasteiger partial charge in [-0.05, 0) is 46.8 Å². The van der Waals surface area contributed by atoms with Crippen LogP contribution in [0.15, 0.2) is 134 Å². The zero-order chi connectivity index (χ0) is 26.1. The summed E-state index contributed by atoms with van der Waals surface area (Å²) in [6, 6.07) is 30.3. The van der Waals surface area contributed by atoms with Gasteiger partial charge in [0.25, 0.3) is 5.91 Å². The quantitative estimate of drug-likeness (QED) is 0.235. The molecule has 0 radical (unpaired) electrons. The third kappa shape index (κ3) is 3.58. The number of allylic oxidation sites excluding steroid dienone is 1. The van der Waals surface area contributed by atoms with Crippen LogP contribution in [0, 0.1) is 0 Å². The van der Waals surface area contributed by atoms with Crippen molar-refractivity contribution in [3.05, 3.63) is 150 Å². The number of nitrogens with zero attached hydrogens (tertiary/aromatic N) is 4. The van der Waals surface area contributed by atoms with Gasteiger partial charge in [-0.2, -0.15) is 0 Å². The number of benzene rings is 3. The minimum absolute atomic E-state index is 0.189. The topological polar surface area (TPSA) is 66.4 Å². The number of carbonyl (C=O) groups excluding carboxylic acids is 2. The Hall–Kier alpha value is -5.10. The van der Waals surface area contributed by atoms with E-state index in [9.17, 15) is 9.59 Å². The Labute approximate surface area is 220 Å². The number of rotatable bonds is 5. The van der Waals surface area contributed by atoms with Crippen molar-refractivity contribution in [3.63, 3.8) is 0 Å². The molecular formula is C32H24N4O2. The van der Waals surface area contributed by atoms with Gasteiger partial charge in [0.15, 0.2) is 11.3 Å². The largest absolute Gasteiger partial charge is 0.339 e. The molecule has 6 rings (SSSR count). The summed E-state index contributed by atoms with van der Waals surface area (Å²) in [6.07, 6.45) is 8.27. The summed E-state index contributed by atoms with van der Waals surface area (Å²) >= 11 is 0. The molecule has 0 N–H and O–H groups in total. The molecule has 0 spiro atoms. The van der Waals surface area contributed by atoms with Gasteiger partial charge in [-0.15, -0.1) is 0 Å². The maximum Gasteiger partial charge on any atom is 0.268 e. The van der Waals surface area contributed by atoms with E-state index in [0.29, 0.717) is 17.1 Å². The maximum atomic E-state index is 14.9. The van der Waals surface area contributed by atoms with Crippen LogP contribution in [0.2, 0.25) is 0 Å². The normalized spacial score (nSPS) is 15.8. The van der Waals surface area contributed by atoms with E-state index in [1.165, 1.54) is 0 Å². The van der Waals surface area contributed by atoms with Crippen molar-refractivity contribution in [2.24, 2.45) is 0 Å². The second-order valence-corrected chi connectivity index (χ2v) is 9.11. The number of hydrogen-bond donors (Lipinski definition) is 0. The SMILES string of the molecule is CN1C(=CC(=O)c2ccccc2)N(c2cccc3ccccc23)C(=O)C1(c1ccncc1)c1ccncc1. The standard InChI is InChI=1S/C32H24N4O2/c1-35-30(22-29(37)24-9-3-2-4-10-24)36(28-13-7-11-23-8-5-6-12-27(23)28)31(38)32(35,25-14-18-33-19-15-25)26-16-20-34-21-17-26/h2-22H,1H3. The second-order valence-electron chi connectivity index (χ2n) is 9.11. The number of carbonyl (C=O) groups is 2. The van der Waals surface area contributed by atoms with Crippen LogP contribution < -0.4 is 4.90 Å². The lowest BCUT2D eigenvalue weighted by Gasteiger charge is -2.35. The van der Waals surface area contributed by atoms with Gasteiger partial charge in [-0.25, -0.2) is 0 Å². The van der Waals surface area contributed by atoms with Crippen LogP contribution in [0.25, 0.3) is 10.8 Å². The van der Waals surface area contributed by atoms with Crippen LogP contribution in [0.4, 0.5) is 5.69 Å². The molecule has 3 heterocycles. The van der Waals surface area contributed by atoms with Crippen LogP contribution in [-0.4, -0.2) is 33.6 Å². The summed E-state index contributed by atoms with van der Waals surface area (Å²) in [4.78, 5) is 40.4. The lowest BCUT2D eigenvalue weighted by molar-refractivity contribution is -0.123. The van der Waals surface area contributed by atoms with Gasteiger partial charge < -0.3 is 4.90 Å². The van der Waals surface area contributed by atoms with E-state index in [1.807, 2.05) is 96.9 Å². The Morgan fingerprint density at radius 2 is 1.32 bits per heavy atom. The molecule has 1 aliphatic heterocycles. The van der Waals surface area contributed by atoms with Crippen LogP contribution in [0.1, 0.15) is 21.5 Å². The molecule has 1 amide bonds. The van der Waals surface area contributed by atoms with Crippen LogP contribution in [-0.2, 0) is 10.3 Å². The van der Waals surface area contributed by atoms with E-state index in [2.05, 4.69) is 9.97 Å². The Kier molecular flexibility index (Phi) is 5.77. The van der Waals surface area contributed by atoms with Crippen molar-refractivity contribution in [3.8, 4) is 0 Å². The first-order valence-corrected chi connectivity index (χ1v) is 12.3. The van der Waals surface area contributed by atoms with Gasteiger partial charge in [-0.1, -0.05) is 66.7 Å². The molecule has 6 nitrogen and oxygen atoms in total. The summed E-state index contributed by atoms with van der Waals surface area (Å²) in [5.41, 5.74) is 1.49. The first kappa shape index (κ1) is 23.3. The molecule has 0 saturated carbocycles. The summed E-state index contributed by atoms with van der Waals surface area (Å²) in [5, 5.41) is 1.91. The average molecular weight is 497 g/mol. The predicted octanol–water partition coefficient (Wildman–Crippen LogP) is 5.58. The van der Waals surface area contributed by atoms with E-state index in [4.69, 9.17) is 0 Å². The fourth-order valence-corrected chi connectivity index (χ4v) is 5.32. The van der Waals surface area contributed by atoms with E-state index in [1.54, 1.807) is 47.9 Å². The molecule has 38 heavy (non-hydrogen) atoms. The maximum absolute atomic E-state index is 14.9. The molecule has 5 aromatic rings. The van der Waals surface area contributed by atoms with Gasteiger partial charge >= 0.3 is 0 Å². The Bertz CT molecular complexity index is 1620. The molecular weight excluding hydrogens is 472 g/mol. The highest BCUT2D eigenvalue weighted by molar-refractivity contribution is 6.15. The zero-order valence-corrected chi connectivity index (χ0v) is 20.7. The summed E-state index contributed by atoms with van der Waals surface area (Å²) in [5.74, 6) is 0.0976. The highest BCUT2D eigenvalue weighted by Crippen LogP contribution is 2.48. The molecule has 0 atom stereocenters. The van der Waals surface area contributed by atoms with Crippen molar-refractivity contribution in [2.45, 2.75) is 5.54 Å². The molecule has 0 aliphatic carbocycles. The number of amides is 1. The third-order valence-corrected chi connectivity index (χ3v) is 7.11. The van der Waals surface area contributed by atoms with Crippen molar-refractivity contribution >= 4 is 28.2 Å². The monoisotopic (exact) mass is 496 g/mol. The number of ketones is 1. The Morgan fingerprint density at radius 3 is 1.97 bits per heavy atom. The van der Waals surface area contributed by atoms with Crippen molar-refractivity contribution in [2.75, 3.05) is 11.9 Å². The van der Waals surface area contributed by atoms with Crippen LogP contribution in [0.3, 0.4) is 0 Å². The van der Waals surface area contributed by atoms with Gasteiger partial charge in [0.05, 0.1) is 5.69 Å². The highest BCUT2D eigenvalue weighted by atomic mass is 16.2.